The molecule has 2 aromatic carbocycles. The Morgan fingerprint density at radius 3 is 2.38 bits per heavy atom. The highest BCUT2D eigenvalue weighted by Crippen LogP contribution is 2.36. The van der Waals surface area contributed by atoms with Crippen LogP contribution in [0.15, 0.2) is 72.8 Å². The second-order valence-corrected chi connectivity index (χ2v) is 13.8. The number of carbonyl (C=O) groups excluding carboxylic acids is 2. The minimum absolute atomic E-state index is 0.161. The van der Waals surface area contributed by atoms with E-state index in [0.717, 1.165) is 82.7 Å². The van der Waals surface area contributed by atoms with Crippen LogP contribution in [0.2, 0.25) is 5.02 Å². The number of nitrogens with zero attached hydrogens (tertiary/aromatic N) is 4. The first kappa shape index (κ1) is 31.8. The zero-order chi connectivity index (χ0) is 31.3. The van der Waals surface area contributed by atoms with Crippen molar-refractivity contribution < 1.29 is 9.59 Å². The summed E-state index contributed by atoms with van der Waals surface area (Å²) in [4.78, 5) is 34.5. The van der Waals surface area contributed by atoms with Crippen molar-refractivity contribution in [3.05, 3.63) is 94.5 Å². The van der Waals surface area contributed by atoms with Crippen LogP contribution in [-0.4, -0.2) is 89.4 Å². The highest BCUT2D eigenvalue weighted by Gasteiger charge is 2.37. The second kappa shape index (κ2) is 14.5. The van der Waals surface area contributed by atoms with E-state index in [1.807, 2.05) is 12.1 Å². The number of urea groups is 1. The van der Waals surface area contributed by atoms with Crippen molar-refractivity contribution in [1.82, 2.24) is 19.6 Å². The van der Waals surface area contributed by atoms with Gasteiger partial charge in [-0.2, -0.15) is 0 Å². The Morgan fingerprint density at radius 1 is 0.911 bits per heavy atom. The highest BCUT2D eigenvalue weighted by molar-refractivity contribution is 6.30. The summed E-state index contributed by atoms with van der Waals surface area (Å²) in [5.74, 6) is 0.577. The predicted molar refractivity (Wildman–Crippen MR) is 181 cm³/mol. The molecule has 0 radical (unpaired) electrons. The van der Waals surface area contributed by atoms with Crippen LogP contribution >= 0.6 is 11.6 Å². The molecule has 0 spiro atoms. The number of amides is 3. The number of benzene rings is 2. The molecule has 3 saturated heterocycles. The van der Waals surface area contributed by atoms with Gasteiger partial charge in [0.2, 0.25) is 5.91 Å². The maximum atomic E-state index is 13.8. The number of aryl methyl sites for hydroxylation is 1. The standard InChI is InChI=1S/C37H48ClN5O2/c1-2-27-8-9-30-25-31(38)10-11-34(30)35(23-27)40-18-14-32(15-19-40)42-20-21-43(33(26-42)22-28-6-4-3-5-7-28)36(44)24-29-12-16-41(17-13-29)37(39)45/h2-7,10-11,23,25,29,32-33,35H,1,8-9,12-22,24,26H2,(H2,39,45). The third kappa shape index (κ3) is 7.65. The van der Waals surface area contributed by atoms with Gasteiger partial charge >= 0.3 is 6.03 Å². The van der Waals surface area contributed by atoms with Gasteiger partial charge in [0.1, 0.15) is 0 Å². The number of piperidine rings is 2. The molecule has 0 saturated carbocycles. The van der Waals surface area contributed by atoms with Crippen molar-refractivity contribution in [3.8, 4) is 0 Å². The van der Waals surface area contributed by atoms with Gasteiger partial charge in [0.05, 0.1) is 6.04 Å². The molecular weight excluding hydrogens is 582 g/mol. The minimum atomic E-state index is -0.355. The third-order valence-electron chi connectivity index (χ3n) is 10.7. The number of hydrogen-bond acceptors (Lipinski definition) is 4. The summed E-state index contributed by atoms with van der Waals surface area (Å²) >= 11 is 6.40. The van der Waals surface area contributed by atoms with E-state index in [-0.39, 0.29) is 24.0 Å². The Bertz CT molecular complexity index is 1380. The van der Waals surface area contributed by atoms with Gasteiger partial charge in [-0.1, -0.05) is 72.3 Å². The summed E-state index contributed by atoms with van der Waals surface area (Å²) in [7, 11) is 0. The van der Waals surface area contributed by atoms with Crippen LogP contribution in [0.4, 0.5) is 4.79 Å². The number of likely N-dealkylation sites (tertiary alicyclic amines) is 2. The number of carbonyl (C=O) groups is 2. The Hall–Kier alpha value is -3.13. The monoisotopic (exact) mass is 629 g/mol. The largest absolute Gasteiger partial charge is 0.351 e. The van der Waals surface area contributed by atoms with Crippen LogP contribution in [-0.2, 0) is 17.6 Å². The number of fused-ring (bicyclic) bond motifs is 1. The number of rotatable bonds is 7. The molecule has 2 aromatic rings. The Balaban J connectivity index is 1.10. The lowest BCUT2D eigenvalue weighted by molar-refractivity contribution is -0.138. The molecule has 2 N–H and O–H groups in total. The zero-order valence-electron chi connectivity index (χ0n) is 26.5. The lowest BCUT2D eigenvalue weighted by atomic mass is 9.91. The Morgan fingerprint density at radius 2 is 1.67 bits per heavy atom. The van der Waals surface area contributed by atoms with Gasteiger partial charge in [0.25, 0.3) is 0 Å². The summed E-state index contributed by atoms with van der Waals surface area (Å²) in [6.07, 6.45) is 11.8. The molecule has 6 rings (SSSR count). The van der Waals surface area contributed by atoms with Crippen LogP contribution < -0.4 is 5.73 Å². The fourth-order valence-corrected chi connectivity index (χ4v) is 8.25. The van der Waals surface area contributed by atoms with E-state index in [9.17, 15) is 9.59 Å². The van der Waals surface area contributed by atoms with Crippen molar-refractivity contribution in [2.45, 2.75) is 69.5 Å². The van der Waals surface area contributed by atoms with Gasteiger partial charge in [0, 0.05) is 69.3 Å². The molecule has 0 aromatic heterocycles. The minimum Gasteiger partial charge on any atom is -0.351 e. The molecule has 2 atom stereocenters. The van der Waals surface area contributed by atoms with Crippen molar-refractivity contribution in [3.63, 3.8) is 0 Å². The SMILES string of the molecule is C=CC1=CC(N2CCC(N3CCN(C(=O)CC4CCN(C(N)=O)CC4)C(Cc4ccccc4)C3)CC2)c2ccc(Cl)cc2CC1. The van der Waals surface area contributed by atoms with E-state index < -0.39 is 0 Å². The number of halogens is 1. The van der Waals surface area contributed by atoms with E-state index >= 15 is 0 Å². The summed E-state index contributed by atoms with van der Waals surface area (Å²) < 4.78 is 0. The van der Waals surface area contributed by atoms with Crippen molar-refractivity contribution in [2.24, 2.45) is 11.7 Å². The predicted octanol–water partition coefficient (Wildman–Crippen LogP) is 5.84. The summed E-state index contributed by atoms with van der Waals surface area (Å²) in [5.41, 5.74) is 10.8. The normalized spacial score (nSPS) is 24.1. The van der Waals surface area contributed by atoms with E-state index in [4.69, 9.17) is 17.3 Å². The molecule has 7 nitrogen and oxygen atoms in total. The summed E-state index contributed by atoms with van der Waals surface area (Å²) in [6, 6.07) is 17.6. The second-order valence-electron chi connectivity index (χ2n) is 13.4. The van der Waals surface area contributed by atoms with E-state index in [0.29, 0.717) is 31.5 Å². The zero-order valence-corrected chi connectivity index (χ0v) is 27.2. The van der Waals surface area contributed by atoms with Gasteiger partial charge in [-0.15, -0.1) is 0 Å². The molecule has 0 bridgehead atoms. The smallest absolute Gasteiger partial charge is 0.314 e. The molecule has 3 aliphatic heterocycles. The average molecular weight is 630 g/mol. The van der Waals surface area contributed by atoms with Crippen LogP contribution in [0.3, 0.4) is 0 Å². The molecule has 3 heterocycles. The highest BCUT2D eigenvalue weighted by atomic mass is 35.5. The van der Waals surface area contributed by atoms with Gasteiger partial charge in [-0.25, -0.2) is 4.79 Å². The molecule has 4 aliphatic rings. The summed E-state index contributed by atoms with van der Waals surface area (Å²) in [6.45, 7) is 10.1. The van der Waals surface area contributed by atoms with E-state index in [1.54, 1.807) is 4.90 Å². The van der Waals surface area contributed by atoms with E-state index in [2.05, 4.69) is 69.8 Å². The van der Waals surface area contributed by atoms with Crippen LogP contribution in [0.5, 0.6) is 0 Å². The molecule has 1 aliphatic carbocycles. The first-order chi connectivity index (χ1) is 21.9. The number of piperazine rings is 1. The van der Waals surface area contributed by atoms with Crippen molar-refractivity contribution >= 4 is 23.5 Å². The van der Waals surface area contributed by atoms with Crippen LogP contribution in [0.1, 0.15) is 61.3 Å². The maximum absolute atomic E-state index is 13.8. The van der Waals surface area contributed by atoms with Gasteiger partial charge in [0.15, 0.2) is 0 Å². The van der Waals surface area contributed by atoms with Crippen molar-refractivity contribution in [2.75, 3.05) is 45.8 Å². The first-order valence-electron chi connectivity index (χ1n) is 16.8. The molecule has 3 amide bonds. The quantitative estimate of drug-likeness (QED) is 0.418. The third-order valence-corrected chi connectivity index (χ3v) is 10.9. The summed E-state index contributed by atoms with van der Waals surface area (Å²) in [5, 5.41) is 0.810. The van der Waals surface area contributed by atoms with Gasteiger partial charge < -0.3 is 15.5 Å². The molecule has 2 unspecified atom stereocenters. The van der Waals surface area contributed by atoms with Crippen LogP contribution in [0, 0.1) is 5.92 Å². The molecular formula is C37H48ClN5O2. The first-order valence-corrected chi connectivity index (χ1v) is 17.2. The molecule has 3 fully saturated rings. The Kier molecular flexibility index (Phi) is 10.3. The fourth-order valence-electron chi connectivity index (χ4n) is 8.06. The number of primary amides is 1. The van der Waals surface area contributed by atoms with Gasteiger partial charge in [-0.3, -0.25) is 14.6 Å². The lowest BCUT2D eigenvalue weighted by Crippen LogP contribution is -2.59. The van der Waals surface area contributed by atoms with Gasteiger partial charge in [-0.05, 0) is 79.7 Å². The number of hydrogen-bond donors (Lipinski definition) is 1. The Labute approximate surface area is 273 Å². The number of nitrogens with two attached hydrogens (primary N) is 1. The molecule has 8 heteroatoms. The van der Waals surface area contributed by atoms with Crippen LogP contribution in [0.25, 0.3) is 0 Å². The maximum Gasteiger partial charge on any atom is 0.314 e. The molecule has 240 valence electrons. The molecule has 45 heavy (non-hydrogen) atoms. The fraction of sp³-hybridized carbons (Fsp3) is 0.514. The van der Waals surface area contributed by atoms with Crippen molar-refractivity contribution in [1.29, 1.82) is 0 Å². The topological polar surface area (TPSA) is 73.1 Å². The van der Waals surface area contributed by atoms with E-state index in [1.165, 1.54) is 22.3 Å². The number of allylic oxidation sites excluding steroid dienone is 2. The lowest BCUT2D eigenvalue weighted by Gasteiger charge is -2.47. The average Bonchev–Trinajstić information content (AvgIpc) is 3.24.